The van der Waals surface area contributed by atoms with Gasteiger partial charge in [0.25, 0.3) is 0 Å². The molecule has 1 fully saturated rings. The van der Waals surface area contributed by atoms with E-state index in [0.29, 0.717) is 6.61 Å². The largest absolute Gasteiger partial charge is 0.371 e. The van der Waals surface area contributed by atoms with Crippen LogP contribution >= 0.6 is 0 Å². The quantitative estimate of drug-likeness (QED) is 0.822. The maximum absolute atomic E-state index is 5.77. The zero-order valence-corrected chi connectivity index (χ0v) is 12.9. The SMILES string of the molecule is CC(C)(C)OCc1ccc(CCC2OCCCO2)cc1. The zero-order valence-electron chi connectivity index (χ0n) is 12.9. The molecule has 0 aromatic heterocycles. The van der Waals surface area contributed by atoms with Crippen molar-refractivity contribution < 1.29 is 14.2 Å². The summed E-state index contributed by atoms with van der Waals surface area (Å²) in [7, 11) is 0. The second-order valence-corrected chi connectivity index (χ2v) is 6.28. The van der Waals surface area contributed by atoms with Crippen molar-refractivity contribution in [1.82, 2.24) is 0 Å². The third-order valence-corrected chi connectivity index (χ3v) is 3.26. The third kappa shape index (κ3) is 5.61. The van der Waals surface area contributed by atoms with Gasteiger partial charge in [-0.1, -0.05) is 24.3 Å². The van der Waals surface area contributed by atoms with Crippen molar-refractivity contribution >= 4 is 0 Å². The van der Waals surface area contributed by atoms with Crippen molar-refractivity contribution in [2.24, 2.45) is 0 Å². The van der Waals surface area contributed by atoms with E-state index in [-0.39, 0.29) is 11.9 Å². The van der Waals surface area contributed by atoms with Crippen molar-refractivity contribution in [3.05, 3.63) is 35.4 Å². The van der Waals surface area contributed by atoms with Gasteiger partial charge in [0.15, 0.2) is 6.29 Å². The number of hydrogen-bond donors (Lipinski definition) is 0. The molecular formula is C17H26O3. The van der Waals surface area contributed by atoms with Crippen LogP contribution in [0.5, 0.6) is 0 Å². The van der Waals surface area contributed by atoms with Gasteiger partial charge in [-0.15, -0.1) is 0 Å². The van der Waals surface area contributed by atoms with E-state index >= 15 is 0 Å². The van der Waals surface area contributed by atoms with Crippen molar-refractivity contribution in [3.8, 4) is 0 Å². The van der Waals surface area contributed by atoms with Gasteiger partial charge in [-0.25, -0.2) is 0 Å². The molecular weight excluding hydrogens is 252 g/mol. The molecule has 1 aromatic rings. The molecule has 1 saturated heterocycles. The Balaban J connectivity index is 1.76. The summed E-state index contributed by atoms with van der Waals surface area (Å²) < 4.78 is 16.9. The predicted octanol–water partition coefficient (Wildman–Crippen LogP) is 3.70. The summed E-state index contributed by atoms with van der Waals surface area (Å²) in [6, 6.07) is 8.63. The average Bonchev–Trinajstić information content (AvgIpc) is 2.44. The van der Waals surface area contributed by atoms with Crippen LogP contribution in [0.15, 0.2) is 24.3 Å². The van der Waals surface area contributed by atoms with Crippen LogP contribution in [-0.4, -0.2) is 25.1 Å². The first-order valence-corrected chi connectivity index (χ1v) is 7.48. The molecule has 0 saturated carbocycles. The maximum Gasteiger partial charge on any atom is 0.157 e. The molecule has 0 radical (unpaired) electrons. The fourth-order valence-electron chi connectivity index (χ4n) is 2.09. The van der Waals surface area contributed by atoms with Crippen LogP contribution < -0.4 is 0 Å². The Kier molecular flexibility index (Phi) is 5.58. The van der Waals surface area contributed by atoms with Gasteiger partial charge in [-0.05, 0) is 44.7 Å². The summed E-state index contributed by atoms with van der Waals surface area (Å²) >= 11 is 0. The highest BCUT2D eigenvalue weighted by atomic mass is 16.7. The molecule has 20 heavy (non-hydrogen) atoms. The van der Waals surface area contributed by atoms with E-state index in [2.05, 4.69) is 45.0 Å². The standard InChI is InChI=1S/C17H26O3/c1-17(2,3)20-13-15-7-5-14(6-8-15)9-10-16-18-11-4-12-19-16/h5-8,16H,4,9-13H2,1-3H3. The van der Waals surface area contributed by atoms with Gasteiger partial charge in [0, 0.05) is 6.42 Å². The molecule has 0 bridgehead atoms. The van der Waals surface area contributed by atoms with Crippen molar-refractivity contribution in [2.45, 2.75) is 58.5 Å². The first-order chi connectivity index (χ1) is 9.53. The van der Waals surface area contributed by atoms with Gasteiger partial charge in [0.05, 0.1) is 25.4 Å². The lowest BCUT2D eigenvalue weighted by molar-refractivity contribution is -0.180. The first-order valence-electron chi connectivity index (χ1n) is 7.48. The summed E-state index contributed by atoms with van der Waals surface area (Å²) in [6.07, 6.45) is 2.91. The van der Waals surface area contributed by atoms with Crippen LogP contribution in [0, 0.1) is 0 Å². The van der Waals surface area contributed by atoms with E-state index in [1.54, 1.807) is 0 Å². The minimum absolute atomic E-state index is 0.0207. The van der Waals surface area contributed by atoms with E-state index in [1.165, 1.54) is 11.1 Å². The lowest BCUT2D eigenvalue weighted by atomic mass is 10.1. The molecule has 0 aliphatic carbocycles. The Morgan fingerprint density at radius 3 is 2.25 bits per heavy atom. The minimum Gasteiger partial charge on any atom is -0.371 e. The average molecular weight is 278 g/mol. The third-order valence-electron chi connectivity index (χ3n) is 3.26. The van der Waals surface area contributed by atoms with Gasteiger partial charge in [0.2, 0.25) is 0 Å². The highest BCUT2D eigenvalue weighted by Crippen LogP contribution is 2.15. The molecule has 1 aliphatic heterocycles. The lowest BCUT2D eigenvalue weighted by Gasteiger charge is -2.23. The Bertz CT molecular complexity index is 386. The van der Waals surface area contributed by atoms with Crippen LogP contribution in [0.25, 0.3) is 0 Å². The zero-order chi connectivity index (χ0) is 14.4. The molecule has 3 nitrogen and oxygen atoms in total. The van der Waals surface area contributed by atoms with E-state index in [9.17, 15) is 0 Å². The van der Waals surface area contributed by atoms with Gasteiger partial charge in [-0.2, -0.15) is 0 Å². The normalized spacial score (nSPS) is 17.4. The summed E-state index contributed by atoms with van der Waals surface area (Å²) in [5.41, 5.74) is 2.45. The monoisotopic (exact) mass is 278 g/mol. The van der Waals surface area contributed by atoms with Crippen LogP contribution in [0.4, 0.5) is 0 Å². The number of aryl methyl sites for hydroxylation is 1. The first kappa shape index (κ1) is 15.5. The maximum atomic E-state index is 5.77. The van der Waals surface area contributed by atoms with Crippen molar-refractivity contribution in [2.75, 3.05) is 13.2 Å². The molecule has 1 heterocycles. The summed E-state index contributed by atoms with van der Waals surface area (Å²) in [6.45, 7) is 8.54. The number of benzene rings is 1. The van der Waals surface area contributed by atoms with Crippen molar-refractivity contribution in [1.29, 1.82) is 0 Å². The topological polar surface area (TPSA) is 27.7 Å². The van der Waals surface area contributed by atoms with E-state index in [1.807, 2.05) is 0 Å². The smallest absolute Gasteiger partial charge is 0.157 e. The lowest BCUT2D eigenvalue weighted by Crippen LogP contribution is -2.25. The molecule has 112 valence electrons. The van der Waals surface area contributed by atoms with Gasteiger partial charge >= 0.3 is 0 Å². The van der Waals surface area contributed by atoms with Crippen LogP contribution in [0.3, 0.4) is 0 Å². The summed E-state index contributed by atoms with van der Waals surface area (Å²) in [4.78, 5) is 0. The van der Waals surface area contributed by atoms with Crippen LogP contribution in [0.2, 0.25) is 0 Å². The van der Waals surface area contributed by atoms with E-state index in [0.717, 1.165) is 32.5 Å². The summed E-state index contributed by atoms with van der Waals surface area (Å²) in [5, 5.41) is 0. The fraction of sp³-hybridized carbons (Fsp3) is 0.647. The molecule has 0 atom stereocenters. The molecule has 1 aliphatic rings. The minimum atomic E-state index is -0.0890. The fourth-order valence-corrected chi connectivity index (χ4v) is 2.09. The van der Waals surface area contributed by atoms with Crippen molar-refractivity contribution in [3.63, 3.8) is 0 Å². The van der Waals surface area contributed by atoms with E-state index in [4.69, 9.17) is 14.2 Å². The van der Waals surface area contributed by atoms with Crippen LogP contribution in [-0.2, 0) is 27.2 Å². The van der Waals surface area contributed by atoms with Gasteiger partial charge in [0.1, 0.15) is 0 Å². The molecule has 0 spiro atoms. The molecule has 0 N–H and O–H groups in total. The molecule has 2 rings (SSSR count). The second kappa shape index (κ2) is 7.21. The highest BCUT2D eigenvalue weighted by molar-refractivity contribution is 5.22. The molecule has 1 aromatic carbocycles. The number of rotatable bonds is 5. The Hall–Kier alpha value is -0.900. The second-order valence-electron chi connectivity index (χ2n) is 6.28. The van der Waals surface area contributed by atoms with E-state index < -0.39 is 0 Å². The summed E-state index contributed by atoms with van der Waals surface area (Å²) in [5.74, 6) is 0. The number of ether oxygens (including phenoxy) is 3. The molecule has 0 unspecified atom stereocenters. The van der Waals surface area contributed by atoms with Gasteiger partial charge < -0.3 is 14.2 Å². The predicted molar refractivity (Wildman–Crippen MR) is 79.6 cm³/mol. The molecule has 3 heteroatoms. The Labute approximate surface area is 122 Å². The highest BCUT2D eigenvalue weighted by Gasteiger charge is 2.14. The molecule has 0 amide bonds. The van der Waals surface area contributed by atoms with Crippen LogP contribution in [0.1, 0.15) is 44.7 Å². The number of hydrogen-bond acceptors (Lipinski definition) is 3. The Morgan fingerprint density at radius 1 is 1.05 bits per heavy atom. The Morgan fingerprint density at radius 2 is 1.65 bits per heavy atom. The van der Waals surface area contributed by atoms with Gasteiger partial charge in [-0.3, -0.25) is 0 Å².